The average Bonchev–Trinajstić information content (AvgIpc) is 3.17. The van der Waals surface area contributed by atoms with Crippen molar-refractivity contribution in [2.45, 2.75) is 6.92 Å². The van der Waals surface area contributed by atoms with Crippen LogP contribution in [0.15, 0.2) is 72.1 Å². The highest BCUT2D eigenvalue weighted by atomic mass is 32.1. The molecule has 1 aromatic heterocycles. The van der Waals surface area contributed by atoms with E-state index < -0.39 is 6.03 Å². The Morgan fingerprint density at radius 3 is 2.55 bits per heavy atom. The summed E-state index contributed by atoms with van der Waals surface area (Å²) in [6.45, 7) is 1.95. The van der Waals surface area contributed by atoms with E-state index in [1.807, 2.05) is 67.6 Å². The van der Waals surface area contributed by atoms with Gasteiger partial charge in [0.15, 0.2) is 5.13 Å². The van der Waals surface area contributed by atoms with Gasteiger partial charge in [-0.15, -0.1) is 11.3 Å². The number of hydrogen-bond acceptors (Lipinski definition) is 4. The van der Waals surface area contributed by atoms with Gasteiger partial charge in [0.05, 0.1) is 0 Å². The van der Waals surface area contributed by atoms with E-state index in [0.717, 1.165) is 16.3 Å². The molecule has 0 saturated carbocycles. The summed E-state index contributed by atoms with van der Waals surface area (Å²) >= 11 is 1.19. The minimum atomic E-state index is -0.411. The zero-order valence-corrected chi connectivity index (χ0v) is 16.4. The fourth-order valence-corrected chi connectivity index (χ4v) is 3.62. The number of nitrogens with one attached hydrogen (secondary N) is 3. The van der Waals surface area contributed by atoms with Crippen LogP contribution in [0, 0.1) is 6.92 Å². The standard InChI is InChI=1S/C22H18N4O2S/c1-14-6-4-9-16(12-14)23-21(28)26-22-25-19(13-29-22)20(27)24-18-11-5-8-15-7-2-3-10-17(15)18/h2-13H,1H3,(H,24,27)(H2,23,25,26,28). The summed E-state index contributed by atoms with van der Waals surface area (Å²) in [7, 11) is 0. The number of benzene rings is 3. The molecule has 0 spiro atoms. The normalized spacial score (nSPS) is 10.5. The molecule has 4 aromatic rings. The van der Waals surface area contributed by atoms with Crippen LogP contribution in [0.2, 0.25) is 0 Å². The molecule has 7 heteroatoms. The fraction of sp³-hybridized carbons (Fsp3) is 0.0455. The van der Waals surface area contributed by atoms with Crippen molar-refractivity contribution in [2.24, 2.45) is 0 Å². The van der Waals surface area contributed by atoms with Gasteiger partial charge >= 0.3 is 6.03 Å². The smallest absolute Gasteiger partial charge is 0.320 e. The molecular formula is C22H18N4O2S. The van der Waals surface area contributed by atoms with Crippen molar-refractivity contribution in [3.63, 3.8) is 0 Å². The van der Waals surface area contributed by atoms with Gasteiger partial charge in [-0.1, -0.05) is 48.5 Å². The van der Waals surface area contributed by atoms with Crippen LogP contribution in [0.3, 0.4) is 0 Å². The Balaban J connectivity index is 1.43. The minimum Gasteiger partial charge on any atom is -0.320 e. The topological polar surface area (TPSA) is 83.1 Å². The van der Waals surface area contributed by atoms with Gasteiger partial charge in [0.25, 0.3) is 5.91 Å². The summed E-state index contributed by atoms with van der Waals surface area (Å²) < 4.78 is 0. The quantitative estimate of drug-likeness (QED) is 0.421. The first-order chi connectivity index (χ1) is 14.1. The van der Waals surface area contributed by atoms with E-state index in [9.17, 15) is 9.59 Å². The molecule has 4 rings (SSSR count). The molecule has 3 N–H and O–H groups in total. The second-order valence-electron chi connectivity index (χ2n) is 6.47. The van der Waals surface area contributed by atoms with Crippen LogP contribution >= 0.6 is 11.3 Å². The van der Waals surface area contributed by atoms with E-state index in [4.69, 9.17) is 0 Å². The molecule has 29 heavy (non-hydrogen) atoms. The third-order valence-electron chi connectivity index (χ3n) is 4.27. The minimum absolute atomic E-state index is 0.244. The number of hydrogen-bond donors (Lipinski definition) is 3. The highest BCUT2D eigenvalue weighted by molar-refractivity contribution is 7.14. The fourth-order valence-electron chi connectivity index (χ4n) is 2.94. The number of anilines is 3. The molecule has 0 bridgehead atoms. The Hall–Kier alpha value is -3.71. The number of fused-ring (bicyclic) bond motifs is 1. The van der Waals surface area contributed by atoms with E-state index in [0.29, 0.717) is 16.5 Å². The lowest BCUT2D eigenvalue weighted by Crippen LogP contribution is -2.19. The van der Waals surface area contributed by atoms with Gasteiger partial charge in [-0.3, -0.25) is 10.1 Å². The van der Waals surface area contributed by atoms with Crippen molar-refractivity contribution >= 4 is 50.6 Å². The number of amides is 3. The first kappa shape index (κ1) is 18.6. The second kappa shape index (κ2) is 8.12. The van der Waals surface area contributed by atoms with E-state index in [1.54, 1.807) is 11.4 Å². The van der Waals surface area contributed by atoms with Crippen molar-refractivity contribution in [3.8, 4) is 0 Å². The zero-order chi connectivity index (χ0) is 20.2. The van der Waals surface area contributed by atoms with E-state index in [2.05, 4.69) is 20.9 Å². The van der Waals surface area contributed by atoms with Crippen LogP contribution in [0.1, 0.15) is 16.1 Å². The highest BCUT2D eigenvalue weighted by Gasteiger charge is 2.14. The number of carbonyl (C=O) groups excluding carboxylic acids is 2. The first-order valence-corrected chi connectivity index (χ1v) is 9.86. The molecule has 6 nitrogen and oxygen atoms in total. The average molecular weight is 402 g/mol. The van der Waals surface area contributed by atoms with Crippen molar-refractivity contribution in [2.75, 3.05) is 16.0 Å². The maximum atomic E-state index is 12.6. The highest BCUT2D eigenvalue weighted by Crippen LogP contribution is 2.24. The zero-order valence-electron chi connectivity index (χ0n) is 15.6. The largest absolute Gasteiger partial charge is 0.325 e. The molecule has 0 aliphatic heterocycles. The lowest BCUT2D eigenvalue weighted by Gasteiger charge is -2.07. The maximum absolute atomic E-state index is 12.6. The number of aryl methyl sites for hydroxylation is 1. The molecular weight excluding hydrogens is 384 g/mol. The van der Waals surface area contributed by atoms with Crippen LogP contribution in [0.5, 0.6) is 0 Å². The Bertz CT molecular complexity index is 1200. The van der Waals surface area contributed by atoms with Gasteiger partial charge in [-0.05, 0) is 36.1 Å². The second-order valence-corrected chi connectivity index (χ2v) is 7.33. The summed E-state index contributed by atoms with van der Waals surface area (Å²) in [5.74, 6) is -0.329. The summed E-state index contributed by atoms with van der Waals surface area (Å²) in [6, 6.07) is 20.6. The molecule has 3 amide bonds. The van der Waals surface area contributed by atoms with Crippen molar-refractivity contribution < 1.29 is 9.59 Å². The van der Waals surface area contributed by atoms with Crippen LogP contribution in [-0.4, -0.2) is 16.9 Å². The third-order valence-corrected chi connectivity index (χ3v) is 5.03. The molecule has 0 aliphatic rings. The summed E-state index contributed by atoms with van der Waals surface area (Å²) in [5.41, 5.74) is 2.69. The molecule has 144 valence electrons. The van der Waals surface area contributed by atoms with Gasteiger partial charge in [0.1, 0.15) is 5.69 Å². The van der Waals surface area contributed by atoms with Gasteiger partial charge in [0, 0.05) is 22.1 Å². The first-order valence-electron chi connectivity index (χ1n) is 8.98. The summed E-state index contributed by atoms with van der Waals surface area (Å²) in [6.07, 6.45) is 0. The molecule has 0 saturated heterocycles. The summed E-state index contributed by atoms with van der Waals surface area (Å²) in [5, 5.41) is 12.2. The van der Waals surface area contributed by atoms with Crippen molar-refractivity contribution in [3.05, 3.63) is 83.4 Å². The predicted molar refractivity (Wildman–Crippen MR) is 118 cm³/mol. The van der Waals surface area contributed by atoms with Crippen LogP contribution in [-0.2, 0) is 0 Å². The Morgan fingerprint density at radius 2 is 1.69 bits per heavy atom. The van der Waals surface area contributed by atoms with Crippen molar-refractivity contribution in [1.29, 1.82) is 0 Å². The number of rotatable bonds is 4. The lowest BCUT2D eigenvalue weighted by atomic mass is 10.1. The lowest BCUT2D eigenvalue weighted by molar-refractivity contribution is 0.102. The number of carbonyl (C=O) groups is 2. The van der Waals surface area contributed by atoms with Crippen LogP contribution in [0.25, 0.3) is 10.8 Å². The van der Waals surface area contributed by atoms with Gasteiger partial charge < -0.3 is 10.6 Å². The maximum Gasteiger partial charge on any atom is 0.325 e. The van der Waals surface area contributed by atoms with Crippen LogP contribution in [0.4, 0.5) is 21.3 Å². The monoisotopic (exact) mass is 402 g/mol. The molecule has 1 heterocycles. The number of urea groups is 1. The van der Waals surface area contributed by atoms with Gasteiger partial charge in [-0.2, -0.15) is 0 Å². The SMILES string of the molecule is Cc1cccc(NC(=O)Nc2nc(C(=O)Nc3cccc4ccccc34)cs2)c1. The molecule has 0 aliphatic carbocycles. The number of nitrogens with zero attached hydrogens (tertiary/aromatic N) is 1. The molecule has 0 unspecified atom stereocenters. The Labute approximate surface area is 171 Å². The van der Waals surface area contributed by atoms with E-state index >= 15 is 0 Å². The molecule has 3 aromatic carbocycles. The Kier molecular flexibility index (Phi) is 5.22. The molecule has 0 fully saturated rings. The van der Waals surface area contributed by atoms with Crippen LogP contribution < -0.4 is 16.0 Å². The Morgan fingerprint density at radius 1 is 0.897 bits per heavy atom. The third kappa shape index (κ3) is 4.41. The van der Waals surface area contributed by atoms with Crippen molar-refractivity contribution in [1.82, 2.24) is 4.98 Å². The van der Waals surface area contributed by atoms with Gasteiger partial charge in [-0.25, -0.2) is 9.78 Å². The molecule has 0 atom stereocenters. The molecule has 0 radical (unpaired) electrons. The number of aromatic nitrogens is 1. The number of thiazole rings is 1. The predicted octanol–water partition coefficient (Wildman–Crippen LogP) is 5.50. The van der Waals surface area contributed by atoms with E-state index in [1.165, 1.54) is 11.3 Å². The van der Waals surface area contributed by atoms with E-state index in [-0.39, 0.29) is 11.6 Å². The summed E-state index contributed by atoms with van der Waals surface area (Å²) in [4.78, 5) is 29.0. The van der Waals surface area contributed by atoms with Gasteiger partial charge in [0.2, 0.25) is 0 Å².